The molecule has 0 nitrogen and oxygen atoms in total. The molecule has 0 heterocycles. The van der Waals surface area contributed by atoms with Crippen LogP contribution in [-0.4, -0.2) is 0 Å². The molecule has 0 N–H and O–H groups in total. The summed E-state index contributed by atoms with van der Waals surface area (Å²) in [4.78, 5) is 0.436. The molecular formula is C19H23Br. The van der Waals surface area contributed by atoms with Gasteiger partial charge in [-0.3, -0.25) is 0 Å². The Morgan fingerprint density at radius 2 is 1.50 bits per heavy atom. The van der Waals surface area contributed by atoms with Crippen LogP contribution in [-0.2, 0) is 11.8 Å². The highest BCUT2D eigenvalue weighted by molar-refractivity contribution is 9.09. The maximum atomic E-state index is 3.79. The fourth-order valence-electron chi connectivity index (χ4n) is 2.29. The van der Waals surface area contributed by atoms with Crippen LogP contribution in [0.3, 0.4) is 0 Å². The van der Waals surface area contributed by atoms with Crippen molar-refractivity contribution in [3.05, 3.63) is 71.3 Å². The van der Waals surface area contributed by atoms with Crippen LogP contribution in [0, 0.1) is 0 Å². The number of rotatable bonds is 4. The fraction of sp³-hybridized carbons (Fsp3) is 0.368. The summed E-state index contributed by atoms with van der Waals surface area (Å²) in [6.07, 6.45) is 2.23. The van der Waals surface area contributed by atoms with Crippen molar-refractivity contribution in [3.63, 3.8) is 0 Å². The molecule has 20 heavy (non-hydrogen) atoms. The van der Waals surface area contributed by atoms with Crippen molar-refractivity contribution in [2.75, 3.05) is 0 Å². The smallest absolute Gasteiger partial charge is 0.0398 e. The summed E-state index contributed by atoms with van der Waals surface area (Å²) in [6, 6.07) is 19.7. The average Bonchev–Trinajstić information content (AvgIpc) is 2.45. The summed E-state index contributed by atoms with van der Waals surface area (Å²) in [5.74, 6) is 0. The first-order valence-corrected chi connectivity index (χ1v) is 8.17. The zero-order valence-corrected chi connectivity index (χ0v) is 14.2. The second-order valence-electron chi connectivity index (χ2n) is 6.36. The van der Waals surface area contributed by atoms with Crippen molar-refractivity contribution >= 4 is 15.9 Å². The lowest BCUT2D eigenvalue weighted by molar-refractivity contribution is 0.590. The molecule has 0 aliphatic heterocycles. The molecule has 0 fully saturated rings. The van der Waals surface area contributed by atoms with Gasteiger partial charge >= 0.3 is 0 Å². The fourth-order valence-corrected chi connectivity index (χ4v) is 2.83. The van der Waals surface area contributed by atoms with E-state index in [1.807, 2.05) is 0 Å². The van der Waals surface area contributed by atoms with Gasteiger partial charge in [0.05, 0.1) is 0 Å². The predicted molar refractivity (Wildman–Crippen MR) is 91.6 cm³/mol. The summed E-state index contributed by atoms with van der Waals surface area (Å²) < 4.78 is 0. The van der Waals surface area contributed by atoms with Gasteiger partial charge in [0.25, 0.3) is 0 Å². The largest absolute Gasteiger partial charge is 0.0839 e. The predicted octanol–water partition coefficient (Wildman–Crippen LogP) is 6.05. The molecule has 0 saturated heterocycles. The van der Waals surface area contributed by atoms with Crippen LogP contribution in [0.2, 0.25) is 0 Å². The van der Waals surface area contributed by atoms with Gasteiger partial charge in [-0.05, 0) is 34.9 Å². The van der Waals surface area contributed by atoms with Crippen LogP contribution < -0.4 is 0 Å². The van der Waals surface area contributed by atoms with E-state index >= 15 is 0 Å². The molecule has 0 saturated carbocycles. The summed E-state index contributed by atoms with van der Waals surface area (Å²) in [7, 11) is 0. The molecule has 106 valence electrons. The zero-order valence-electron chi connectivity index (χ0n) is 12.6. The van der Waals surface area contributed by atoms with Crippen molar-refractivity contribution in [2.24, 2.45) is 0 Å². The monoisotopic (exact) mass is 330 g/mol. The minimum Gasteiger partial charge on any atom is -0.0839 e. The lowest BCUT2D eigenvalue weighted by Gasteiger charge is -2.19. The highest BCUT2D eigenvalue weighted by Crippen LogP contribution is 2.28. The minimum atomic E-state index is 0.237. The average molecular weight is 331 g/mol. The third-order valence-electron chi connectivity index (χ3n) is 3.67. The molecule has 1 unspecified atom stereocenters. The molecule has 0 aliphatic rings. The van der Waals surface area contributed by atoms with Gasteiger partial charge in [0, 0.05) is 4.83 Å². The molecular weight excluding hydrogens is 308 g/mol. The molecule has 0 radical (unpaired) electrons. The molecule has 1 heteroatoms. The van der Waals surface area contributed by atoms with Crippen LogP contribution in [0.4, 0.5) is 0 Å². The van der Waals surface area contributed by atoms with Crippen LogP contribution in [0.5, 0.6) is 0 Å². The van der Waals surface area contributed by atoms with E-state index in [1.165, 1.54) is 16.7 Å². The third-order valence-corrected chi connectivity index (χ3v) is 4.65. The summed E-state index contributed by atoms with van der Waals surface area (Å²) in [5.41, 5.74) is 4.41. The second-order valence-corrected chi connectivity index (χ2v) is 7.47. The standard InChI is InChI=1S/C19H23Br/c1-19(2,3)17-12-9-15(10-13-17)11-14-18(20)16-7-5-4-6-8-16/h4-10,12-13,18H,11,14H2,1-3H3. The van der Waals surface area contributed by atoms with Gasteiger partial charge < -0.3 is 0 Å². The number of benzene rings is 2. The normalized spacial score (nSPS) is 13.2. The summed E-state index contributed by atoms with van der Waals surface area (Å²) in [5, 5.41) is 0. The summed E-state index contributed by atoms with van der Waals surface area (Å²) >= 11 is 3.79. The van der Waals surface area contributed by atoms with Crippen molar-refractivity contribution in [1.82, 2.24) is 0 Å². The van der Waals surface area contributed by atoms with Gasteiger partial charge in [-0.1, -0.05) is 91.3 Å². The first-order chi connectivity index (χ1) is 9.47. The van der Waals surface area contributed by atoms with Gasteiger partial charge in [-0.25, -0.2) is 0 Å². The Kier molecular flexibility index (Phi) is 5.04. The topological polar surface area (TPSA) is 0 Å². The van der Waals surface area contributed by atoms with Gasteiger partial charge in [0.15, 0.2) is 0 Å². The van der Waals surface area contributed by atoms with Crippen LogP contribution in [0.25, 0.3) is 0 Å². The molecule has 0 aromatic heterocycles. The van der Waals surface area contributed by atoms with E-state index in [4.69, 9.17) is 0 Å². The van der Waals surface area contributed by atoms with E-state index in [1.54, 1.807) is 0 Å². The minimum absolute atomic E-state index is 0.237. The molecule has 0 amide bonds. The molecule has 0 bridgehead atoms. The number of hydrogen-bond donors (Lipinski definition) is 0. The molecule has 0 spiro atoms. The lowest BCUT2D eigenvalue weighted by atomic mass is 9.86. The maximum Gasteiger partial charge on any atom is 0.0398 e. The quantitative estimate of drug-likeness (QED) is 0.598. The van der Waals surface area contributed by atoms with E-state index in [2.05, 4.69) is 91.3 Å². The maximum absolute atomic E-state index is 3.79. The molecule has 2 aromatic carbocycles. The number of halogens is 1. The van der Waals surface area contributed by atoms with E-state index in [-0.39, 0.29) is 5.41 Å². The van der Waals surface area contributed by atoms with Gasteiger partial charge in [0.1, 0.15) is 0 Å². The van der Waals surface area contributed by atoms with Crippen molar-refractivity contribution in [3.8, 4) is 0 Å². The molecule has 1 atom stereocenters. The van der Waals surface area contributed by atoms with Crippen LogP contribution in [0.15, 0.2) is 54.6 Å². The zero-order chi connectivity index (χ0) is 14.6. The van der Waals surface area contributed by atoms with Crippen LogP contribution in [0.1, 0.15) is 48.7 Å². The highest BCUT2D eigenvalue weighted by atomic mass is 79.9. The first-order valence-electron chi connectivity index (χ1n) is 7.25. The Bertz CT molecular complexity index is 520. The lowest BCUT2D eigenvalue weighted by Crippen LogP contribution is -2.10. The number of hydrogen-bond acceptors (Lipinski definition) is 0. The van der Waals surface area contributed by atoms with Crippen molar-refractivity contribution in [2.45, 2.75) is 43.9 Å². The highest BCUT2D eigenvalue weighted by Gasteiger charge is 2.13. The molecule has 0 aliphatic carbocycles. The molecule has 2 aromatic rings. The van der Waals surface area contributed by atoms with E-state index in [9.17, 15) is 0 Å². The third kappa shape index (κ3) is 4.21. The van der Waals surface area contributed by atoms with Crippen molar-refractivity contribution in [1.29, 1.82) is 0 Å². The molecule has 2 rings (SSSR count). The summed E-state index contributed by atoms with van der Waals surface area (Å²) in [6.45, 7) is 6.77. The van der Waals surface area contributed by atoms with Gasteiger partial charge in [0.2, 0.25) is 0 Å². The SMILES string of the molecule is CC(C)(C)c1ccc(CCC(Br)c2ccccc2)cc1. The van der Waals surface area contributed by atoms with Gasteiger partial charge in [-0.15, -0.1) is 0 Å². The second kappa shape index (κ2) is 6.58. The number of aryl methyl sites for hydroxylation is 1. The van der Waals surface area contributed by atoms with E-state index in [0.29, 0.717) is 4.83 Å². The Morgan fingerprint density at radius 1 is 0.900 bits per heavy atom. The Morgan fingerprint density at radius 3 is 2.05 bits per heavy atom. The Balaban J connectivity index is 1.94. The van der Waals surface area contributed by atoms with E-state index < -0.39 is 0 Å². The van der Waals surface area contributed by atoms with Gasteiger partial charge in [-0.2, -0.15) is 0 Å². The Labute approximate surface area is 131 Å². The van der Waals surface area contributed by atoms with Crippen molar-refractivity contribution < 1.29 is 0 Å². The van der Waals surface area contributed by atoms with Crippen LogP contribution >= 0.6 is 15.9 Å². The first kappa shape index (κ1) is 15.3. The Hall–Kier alpha value is -1.08. The number of alkyl halides is 1. The van der Waals surface area contributed by atoms with E-state index in [0.717, 1.165) is 12.8 Å².